The normalized spacial score (nSPS) is 30.6. The minimum Gasteiger partial charge on any atom is -0.393 e. The lowest BCUT2D eigenvalue weighted by Crippen LogP contribution is -2.40. The summed E-state index contributed by atoms with van der Waals surface area (Å²) in [5, 5.41) is 23.1. The Bertz CT molecular complexity index is 583. The predicted molar refractivity (Wildman–Crippen MR) is 77.1 cm³/mol. The third-order valence-corrected chi connectivity index (χ3v) is 4.20. The number of benzene rings is 1. The van der Waals surface area contributed by atoms with Crippen molar-refractivity contribution in [3.8, 4) is 0 Å². The van der Waals surface area contributed by atoms with E-state index in [0.717, 1.165) is 12.8 Å². The molecule has 22 heavy (non-hydrogen) atoms. The van der Waals surface area contributed by atoms with E-state index in [0.29, 0.717) is 18.4 Å². The van der Waals surface area contributed by atoms with Gasteiger partial charge in [0.25, 0.3) is 11.6 Å². The number of aliphatic hydroxyl groups is 1. The van der Waals surface area contributed by atoms with Gasteiger partial charge in [0.2, 0.25) is 0 Å². The molecule has 0 radical (unpaired) electrons. The van der Waals surface area contributed by atoms with E-state index in [2.05, 4.69) is 5.32 Å². The van der Waals surface area contributed by atoms with Crippen molar-refractivity contribution in [2.24, 2.45) is 0 Å². The van der Waals surface area contributed by atoms with Gasteiger partial charge in [0.05, 0.1) is 11.0 Å². The van der Waals surface area contributed by atoms with Crippen molar-refractivity contribution >= 4 is 11.6 Å². The lowest BCUT2D eigenvalue weighted by Gasteiger charge is -2.25. The molecule has 0 spiro atoms. The van der Waals surface area contributed by atoms with Crippen LogP contribution in [0.4, 0.5) is 5.69 Å². The van der Waals surface area contributed by atoms with Gasteiger partial charge in [-0.05, 0) is 31.2 Å². The molecule has 1 aliphatic carbocycles. The maximum absolute atomic E-state index is 12.1. The van der Waals surface area contributed by atoms with E-state index in [1.54, 1.807) is 12.1 Å². The minimum absolute atomic E-state index is 0.00609. The van der Waals surface area contributed by atoms with Gasteiger partial charge in [0.1, 0.15) is 6.10 Å². The number of non-ortho nitro benzene ring substituents is 1. The zero-order valence-corrected chi connectivity index (χ0v) is 12.0. The summed E-state index contributed by atoms with van der Waals surface area (Å²) in [6, 6.07) is 6.24. The molecule has 1 aromatic rings. The molecule has 2 N–H and O–H groups in total. The number of nitrogens with zero attached hydrogens (tertiary/aromatic N) is 1. The van der Waals surface area contributed by atoms with Gasteiger partial charge in [0.15, 0.2) is 6.10 Å². The number of nitro benzene ring substituents is 1. The average molecular weight is 306 g/mol. The van der Waals surface area contributed by atoms with Gasteiger partial charge in [-0.1, -0.05) is 12.1 Å². The van der Waals surface area contributed by atoms with Crippen LogP contribution in [-0.4, -0.2) is 34.2 Å². The van der Waals surface area contributed by atoms with Gasteiger partial charge in [0, 0.05) is 18.2 Å². The van der Waals surface area contributed by atoms with E-state index in [1.807, 2.05) is 0 Å². The Balaban J connectivity index is 1.56. The number of aliphatic hydroxyl groups excluding tert-OH is 1. The smallest absolute Gasteiger partial charge is 0.269 e. The number of epoxide rings is 1. The fourth-order valence-electron chi connectivity index (χ4n) is 2.88. The summed E-state index contributed by atoms with van der Waals surface area (Å²) < 4.78 is 5.38. The number of ether oxygens (including phenoxy) is 1. The van der Waals surface area contributed by atoms with Crippen molar-refractivity contribution in [1.82, 2.24) is 5.32 Å². The number of nitrogens with one attached hydrogen (secondary N) is 1. The van der Waals surface area contributed by atoms with E-state index in [9.17, 15) is 20.0 Å². The molecule has 1 aliphatic heterocycles. The molecule has 1 heterocycles. The fourth-order valence-corrected chi connectivity index (χ4v) is 2.88. The molecule has 0 bridgehead atoms. The summed E-state index contributed by atoms with van der Waals surface area (Å²) in [5.41, 5.74) is 0.641. The summed E-state index contributed by atoms with van der Waals surface area (Å²) in [6.07, 6.45) is 1.68. The second kappa shape index (κ2) is 6.02. The Morgan fingerprint density at radius 1 is 1.32 bits per heavy atom. The van der Waals surface area contributed by atoms with Crippen LogP contribution in [0.1, 0.15) is 37.4 Å². The van der Waals surface area contributed by atoms with Crippen LogP contribution < -0.4 is 5.32 Å². The van der Waals surface area contributed by atoms with E-state index in [1.165, 1.54) is 12.1 Å². The van der Waals surface area contributed by atoms with Crippen LogP contribution in [0, 0.1) is 10.1 Å². The molecule has 1 amide bonds. The highest BCUT2D eigenvalue weighted by Gasteiger charge is 2.47. The number of rotatable bonds is 4. The Morgan fingerprint density at radius 3 is 2.73 bits per heavy atom. The van der Waals surface area contributed by atoms with Gasteiger partial charge in [-0.15, -0.1) is 0 Å². The zero-order chi connectivity index (χ0) is 15.7. The maximum Gasteiger partial charge on any atom is 0.269 e. The second-order valence-electron chi connectivity index (χ2n) is 5.84. The number of amides is 1. The van der Waals surface area contributed by atoms with Crippen molar-refractivity contribution in [1.29, 1.82) is 0 Å². The molecule has 0 unspecified atom stereocenters. The van der Waals surface area contributed by atoms with E-state index in [4.69, 9.17) is 4.74 Å². The third-order valence-electron chi connectivity index (χ3n) is 4.20. The predicted octanol–water partition coefficient (Wildman–Crippen LogP) is 1.45. The van der Waals surface area contributed by atoms with Crippen LogP contribution in [0.2, 0.25) is 0 Å². The molecule has 1 saturated carbocycles. The highest BCUT2D eigenvalue weighted by molar-refractivity contribution is 5.84. The molecular formula is C15H18N2O5. The Hall–Kier alpha value is -1.99. The Labute approximate surface area is 127 Å². The first-order chi connectivity index (χ1) is 10.5. The van der Waals surface area contributed by atoms with Crippen LogP contribution in [0.5, 0.6) is 0 Å². The standard InChI is InChI=1S/C15H18N2O5/c18-12-6-4-10(5-7-12)16-15(19)14-13(22-14)9-2-1-3-11(8-9)17(20)21/h1-3,8,10,12-14,18H,4-7H2,(H,16,19)/t10?,12?,13-,14-/m1/s1. The number of carbonyl (C=O) groups is 1. The molecule has 2 aliphatic rings. The molecule has 0 aromatic heterocycles. The maximum atomic E-state index is 12.1. The summed E-state index contributed by atoms with van der Waals surface area (Å²) in [4.78, 5) is 22.4. The quantitative estimate of drug-likeness (QED) is 0.497. The van der Waals surface area contributed by atoms with Gasteiger partial charge in [-0.2, -0.15) is 0 Å². The van der Waals surface area contributed by atoms with E-state index < -0.39 is 17.1 Å². The van der Waals surface area contributed by atoms with Crippen molar-refractivity contribution in [2.75, 3.05) is 0 Å². The lowest BCUT2D eigenvalue weighted by molar-refractivity contribution is -0.384. The number of carbonyl (C=O) groups excluding carboxylic acids is 1. The van der Waals surface area contributed by atoms with Crippen molar-refractivity contribution in [2.45, 2.75) is 50.0 Å². The number of hydrogen-bond acceptors (Lipinski definition) is 5. The van der Waals surface area contributed by atoms with Crippen molar-refractivity contribution in [3.63, 3.8) is 0 Å². The summed E-state index contributed by atoms with van der Waals surface area (Å²) >= 11 is 0. The fraction of sp³-hybridized carbons (Fsp3) is 0.533. The first kappa shape index (κ1) is 14.9. The summed E-state index contributed by atoms with van der Waals surface area (Å²) in [6.45, 7) is 0. The van der Waals surface area contributed by atoms with E-state index >= 15 is 0 Å². The van der Waals surface area contributed by atoms with Crippen LogP contribution in [0.3, 0.4) is 0 Å². The van der Waals surface area contributed by atoms with Crippen molar-refractivity contribution < 1.29 is 19.6 Å². The highest BCUT2D eigenvalue weighted by Crippen LogP contribution is 2.40. The average Bonchev–Trinajstić information content (AvgIpc) is 3.30. The minimum atomic E-state index is -0.575. The monoisotopic (exact) mass is 306 g/mol. The van der Waals surface area contributed by atoms with Gasteiger partial charge in [-0.3, -0.25) is 14.9 Å². The first-order valence-electron chi connectivity index (χ1n) is 7.43. The number of nitro groups is 1. The van der Waals surface area contributed by atoms with Crippen LogP contribution >= 0.6 is 0 Å². The zero-order valence-electron chi connectivity index (χ0n) is 12.0. The van der Waals surface area contributed by atoms with Gasteiger partial charge in [-0.25, -0.2) is 0 Å². The van der Waals surface area contributed by atoms with E-state index in [-0.39, 0.29) is 23.7 Å². The summed E-state index contributed by atoms with van der Waals surface area (Å²) in [5.74, 6) is -0.183. The topological polar surface area (TPSA) is 105 Å². The molecule has 3 rings (SSSR count). The van der Waals surface area contributed by atoms with Crippen LogP contribution in [0.25, 0.3) is 0 Å². The largest absolute Gasteiger partial charge is 0.393 e. The molecule has 1 aromatic carbocycles. The molecule has 2 atom stereocenters. The van der Waals surface area contributed by atoms with Crippen LogP contribution in [0.15, 0.2) is 24.3 Å². The SMILES string of the molecule is O=C(NC1CCC(O)CC1)[C@@H]1O[C@@H]1c1cccc([N+](=O)[O-])c1. The lowest BCUT2D eigenvalue weighted by atomic mass is 9.93. The molecule has 118 valence electrons. The Morgan fingerprint density at radius 2 is 2.05 bits per heavy atom. The van der Waals surface area contributed by atoms with Gasteiger partial charge >= 0.3 is 0 Å². The van der Waals surface area contributed by atoms with Gasteiger partial charge < -0.3 is 15.2 Å². The molecule has 2 fully saturated rings. The molecule has 7 heteroatoms. The molecule has 7 nitrogen and oxygen atoms in total. The second-order valence-corrected chi connectivity index (χ2v) is 5.84. The highest BCUT2D eigenvalue weighted by atomic mass is 16.6. The van der Waals surface area contributed by atoms with Crippen molar-refractivity contribution in [3.05, 3.63) is 39.9 Å². The number of hydrogen-bond donors (Lipinski definition) is 2. The third kappa shape index (κ3) is 3.26. The summed E-state index contributed by atoms with van der Waals surface area (Å²) in [7, 11) is 0. The molecule has 1 saturated heterocycles. The molecular weight excluding hydrogens is 288 g/mol. The van der Waals surface area contributed by atoms with Crippen LogP contribution in [-0.2, 0) is 9.53 Å². The first-order valence-corrected chi connectivity index (χ1v) is 7.43. The Kier molecular flexibility index (Phi) is 4.08.